The van der Waals surface area contributed by atoms with E-state index in [4.69, 9.17) is 0 Å². The number of benzene rings is 1. The van der Waals surface area contributed by atoms with E-state index in [1.807, 2.05) is 0 Å². The van der Waals surface area contributed by atoms with Gasteiger partial charge in [0.05, 0.1) is 0 Å². The molecule has 104 valence electrons. The van der Waals surface area contributed by atoms with E-state index < -0.39 is 23.4 Å². The topological polar surface area (TPSA) is 32.3 Å². The van der Waals surface area contributed by atoms with Crippen LogP contribution in [0.4, 0.5) is 13.2 Å². The van der Waals surface area contributed by atoms with E-state index in [9.17, 15) is 18.0 Å². The van der Waals surface area contributed by atoms with Crippen molar-refractivity contribution in [1.29, 1.82) is 0 Å². The first-order valence-electron chi connectivity index (χ1n) is 6.12. The molecule has 0 aromatic heterocycles. The number of nitrogens with one attached hydrogen (secondary N) is 1. The highest BCUT2D eigenvalue weighted by molar-refractivity contribution is 5.94. The van der Waals surface area contributed by atoms with Crippen LogP contribution in [0.2, 0.25) is 0 Å². The summed E-state index contributed by atoms with van der Waals surface area (Å²) in [5.41, 5.74) is -0.183. The molecule has 1 heterocycles. The molecule has 19 heavy (non-hydrogen) atoms. The van der Waals surface area contributed by atoms with E-state index in [2.05, 4.69) is 5.32 Å². The Morgan fingerprint density at radius 1 is 1.37 bits per heavy atom. The number of amides is 1. The Morgan fingerprint density at radius 2 is 2.00 bits per heavy atom. The van der Waals surface area contributed by atoms with Crippen LogP contribution in [0.15, 0.2) is 12.1 Å². The molecule has 1 saturated heterocycles. The van der Waals surface area contributed by atoms with Crippen molar-refractivity contribution in [2.24, 2.45) is 0 Å². The van der Waals surface area contributed by atoms with Crippen molar-refractivity contribution in [1.82, 2.24) is 10.2 Å². The van der Waals surface area contributed by atoms with Crippen molar-refractivity contribution >= 4 is 5.91 Å². The summed E-state index contributed by atoms with van der Waals surface area (Å²) in [7, 11) is 1.56. The molecule has 6 heteroatoms. The zero-order chi connectivity index (χ0) is 14.0. The molecular weight excluding hydrogens is 257 g/mol. The lowest BCUT2D eigenvalue weighted by Crippen LogP contribution is -2.38. The third-order valence-electron chi connectivity index (χ3n) is 3.23. The second kappa shape index (κ2) is 5.61. The molecule has 1 aromatic rings. The van der Waals surface area contributed by atoms with E-state index in [1.54, 1.807) is 7.05 Å². The van der Waals surface area contributed by atoms with Crippen LogP contribution in [0.3, 0.4) is 0 Å². The van der Waals surface area contributed by atoms with Crippen molar-refractivity contribution in [2.45, 2.75) is 18.9 Å². The van der Waals surface area contributed by atoms with Gasteiger partial charge in [0.2, 0.25) is 0 Å². The van der Waals surface area contributed by atoms with Gasteiger partial charge < -0.3 is 10.2 Å². The molecule has 2 rings (SSSR count). The summed E-state index contributed by atoms with van der Waals surface area (Å²) in [4.78, 5) is 13.4. The predicted molar refractivity (Wildman–Crippen MR) is 64.3 cm³/mol. The maximum atomic E-state index is 13.1. The van der Waals surface area contributed by atoms with E-state index in [1.165, 1.54) is 4.90 Å². The van der Waals surface area contributed by atoms with Crippen molar-refractivity contribution in [2.75, 3.05) is 20.1 Å². The van der Waals surface area contributed by atoms with Crippen molar-refractivity contribution in [3.05, 3.63) is 35.1 Å². The van der Waals surface area contributed by atoms with Gasteiger partial charge in [-0.15, -0.1) is 0 Å². The Morgan fingerprint density at radius 3 is 2.53 bits per heavy atom. The Balaban J connectivity index is 2.10. The van der Waals surface area contributed by atoms with Crippen LogP contribution in [0, 0.1) is 17.5 Å². The summed E-state index contributed by atoms with van der Waals surface area (Å²) in [6, 6.07) is 1.64. The van der Waals surface area contributed by atoms with E-state index in [0.29, 0.717) is 6.54 Å². The maximum Gasteiger partial charge on any atom is 0.253 e. The number of hydrogen-bond donors (Lipinski definition) is 1. The summed E-state index contributed by atoms with van der Waals surface area (Å²) in [6.07, 6.45) is 2.01. The van der Waals surface area contributed by atoms with Gasteiger partial charge in [-0.3, -0.25) is 4.79 Å². The minimum Gasteiger partial charge on any atom is -0.340 e. The van der Waals surface area contributed by atoms with Crippen molar-refractivity contribution < 1.29 is 18.0 Å². The van der Waals surface area contributed by atoms with Gasteiger partial charge in [0.1, 0.15) is 0 Å². The van der Waals surface area contributed by atoms with Crippen LogP contribution < -0.4 is 5.32 Å². The van der Waals surface area contributed by atoms with Crippen LogP contribution in [0.1, 0.15) is 23.2 Å². The highest BCUT2D eigenvalue weighted by Crippen LogP contribution is 2.15. The zero-order valence-corrected chi connectivity index (χ0v) is 10.5. The second-order valence-electron chi connectivity index (χ2n) is 4.73. The number of nitrogens with zero attached hydrogens (tertiary/aromatic N) is 1. The molecule has 1 N–H and O–H groups in total. The van der Waals surface area contributed by atoms with Crippen LogP contribution in [0.5, 0.6) is 0 Å². The molecule has 0 saturated carbocycles. The third-order valence-corrected chi connectivity index (χ3v) is 3.23. The van der Waals surface area contributed by atoms with Crippen LogP contribution in [-0.4, -0.2) is 37.0 Å². The average molecular weight is 272 g/mol. The van der Waals surface area contributed by atoms with Crippen LogP contribution in [-0.2, 0) is 0 Å². The lowest BCUT2D eigenvalue weighted by Gasteiger charge is -2.21. The molecular formula is C13H15F3N2O. The van der Waals surface area contributed by atoms with Gasteiger partial charge in [-0.25, -0.2) is 13.2 Å². The summed E-state index contributed by atoms with van der Waals surface area (Å²) >= 11 is 0. The molecule has 0 spiro atoms. The minimum absolute atomic E-state index is 0.183. The van der Waals surface area contributed by atoms with E-state index >= 15 is 0 Å². The van der Waals surface area contributed by atoms with E-state index in [-0.39, 0.29) is 11.6 Å². The zero-order valence-electron chi connectivity index (χ0n) is 10.5. The smallest absolute Gasteiger partial charge is 0.253 e. The van der Waals surface area contributed by atoms with Crippen LogP contribution >= 0.6 is 0 Å². The van der Waals surface area contributed by atoms with Crippen LogP contribution in [0.25, 0.3) is 0 Å². The lowest BCUT2D eigenvalue weighted by molar-refractivity contribution is 0.0782. The normalized spacial score (nSPS) is 18.6. The number of halogens is 3. The number of hydrogen-bond acceptors (Lipinski definition) is 2. The molecule has 1 atom stereocenters. The largest absolute Gasteiger partial charge is 0.340 e. The summed E-state index contributed by atoms with van der Waals surface area (Å²) in [6.45, 7) is 1.37. The summed E-state index contributed by atoms with van der Waals surface area (Å²) in [5, 5.41) is 3.22. The monoisotopic (exact) mass is 272 g/mol. The fourth-order valence-corrected chi connectivity index (χ4v) is 2.23. The molecule has 1 amide bonds. The minimum atomic E-state index is -1.56. The molecule has 0 radical (unpaired) electrons. The molecule has 1 aliphatic heterocycles. The number of rotatable bonds is 3. The lowest BCUT2D eigenvalue weighted by atomic mass is 10.1. The Labute approximate surface area is 109 Å². The number of carbonyl (C=O) groups is 1. The summed E-state index contributed by atoms with van der Waals surface area (Å²) < 4.78 is 39.0. The average Bonchev–Trinajstić information content (AvgIpc) is 2.87. The Bertz CT molecular complexity index is 464. The van der Waals surface area contributed by atoms with Gasteiger partial charge in [-0.05, 0) is 31.5 Å². The highest BCUT2D eigenvalue weighted by atomic mass is 19.2. The molecule has 0 aliphatic carbocycles. The van der Waals surface area contributed by atoms with Crippen molar-refractivity contribution in [3.8, 4) is 0 Å². The molecule has 1 unspecified atom stereocenters. The first-order chi connectivity index (χ1) is 8.99. The molecule has 1 aromatic carbocycles. The van der Waals surface area contributed by atoms with Gasteiger partial charge in [0.25, 0.3) is 5.91 Å². The second-order valence-corrected chi connectivity index (χ2v) is 4.73. The summed E-state index contributed by atoms with van der Waals surface area (Å²) in [5.74, 6) is -4.78. The molecule has 1 fully saturated rings. The molecule has 1 aliphatic rings. The SMILES string of the molecule is CN(CC1CCCN1)C(=O)c1cc(F)c(F)c(F)c1. The highest BCUT2D eigenvalue weighted by Gasteiger charge is 2.21. The van der Waals surface area contributed by atoms with E-state index in [0.717, 1.165) is 31.5 Å². The molecule has 0 bridgehead atoms. The van der Waals surface area contributed by atoms with Crippen molar-refractivity contribution in [3.63, 3.8) is 0 Å². The van der Waals surface area contributed by atoms with Gasteiger partial charge in [-0.1, -0.05) is 0 Å². The first-order valence-corrected chi connectivity index (χ1v) is 6.12. The Hall–Kier alpha value is -1.56. The quantitative estimate of drug-likeness (QED) is 0.853. The Kier molecular flexibility index (Phi) is 4.09. The van der Waals surface area contributed by atoms with Gasteiger partial charge in [-0.2, -0.15) is 0 Å². The number of likely N-dealkylation sites (N-methyl/N-ethyl adjacent to an activating group) is 1. The van der Waals surface area contributed by atoms with Gasteiger partial charge >= 0.3 is 0 Å². The van der Waals surface area contributed by atoms with Gasteiger partial charge in [0.15, 0.2) is 17.5 Å². The fraction of sp³-hybridized carbons (Fsp3) is 0.462. The van der Waals surface area contributed by atoms with Gasteiger partial charge in [0, 0.05) is 25.2 Å². The molecule has 3 nitrogen and oxygen atoms in total. The maximum absolute atomic E-state index is 13.1. The standard InChI is InChI=1S/C13H15F3N2O/c1-18(7-9-3-2-4-17-9)13(19)8-5-10(14)12(16)11(15)6-8/h5-6,9,17H,2-4,7H2,1H3. The first kappa shape index (κ1) is 13.9. The fourth-order valence-electron chi connectivity index (χ4n) is 2.23. The number of carbonyl (C=O) groups excluding carboxylic acids is 1. The third kappa shape index (κ3) is 3.07. The predicted octanol–water partition coefficient (Wildman–Crippen LogP) is 1.93.